The lowest BCUT2D eigenvalue weighted by molar-refractivity contribution is 0.0697. The molecule has 0 spiro atoms. The molecule has 0 fully saturated rings. The third-order valence-corrected chi connectivity index (χ3v) is 1.83. The van der Waals surface area contributed by atoms with Crippen LogP contribution in [0.3, 0.4) is 0 Å². The van der Waals surface area contributed by atoms with Crippen LogP contribution >= 0.6 is 0 Å². The molecule has 0 aromatic carbocycles. The number of carboxylic acid groups (broad SMARTS) is 1. The summed E-state index contributed by atoms with van der Waals surface area (Å²) < 4.78 is 1.65. The van der Waals surface area contributed by atoms with Crippen molar-refractivity contribution < 1.29 is 9.90 Å². The Hall–Kier alpha value is -1.84. The number of carboxylic acids is 1. The first kappa shape index (κ1) is 7.79. The molecule has 0 aliphatic rings. The molecule has 2 aromatic rings. The number of nitrogens with zero attached hydrogens (tertiary/aromatic N) is 2. The van der Waals surface area contributed by atoms with Gasteiger partial charge in [0.15, 0.2) is 0 Å². The lowest BCUT2D eigenvalue weighted by Crippen LogP contribution is -1.97. The van der Waals surface area contributed by atoms with Crippen LogP contribution < -0.4 is 0 Å². The molecule has 0 aliphatic heterocycles. The van der Waals surface area contributed by atoms with Gasteiger partial charge in [-0.25, -0.2) is 9.31 Å². The minimum Gasteiger partial charge on any atom is -0.478 e. The summed E-state index contributed by atoms with van der Waals surface area (Å²) in [6.07, 6.45) is 1.64. The van der Waals surface area contributed by atoms with Gasteiger partial charge in [0.05, 0.1) is 16.8 Å². The van der Waals surface area contributed by atoms with Gasteiger partial charge in [0.25, 0.3) is 0 Å². The van der Waals surface area contributed by atoms with Gasteiger partial charge in [0.2, 0.25) is 0 Å². The van der Waals surface area contributed by atoms with Gasteiger partial charge in [0.1, 0.15) is 0 Å². The highest BCUT2D eigenvalue weighted by molar-refractivity contribution is 5.88. The monoisotopic (exact) mass is 176 g/mol. The predicted molar refractivity (Wildman–Crippen MR) is 46.9 cm³/mol. The van der Waals surface area contributed by atoms with Gasteiger partial charge < -0.3 is 5.11 Å². The van der Waals surface area contributed by atoms with E-state index in [0.717, 1.165) is 11.2 Å². The van der Waals surface area contributed by atoms with E-state index >= 15 is 0 Å². The highest BCUT2D eigenvalue weighted by Gasteiger charge is 2.04. The maximum Gasteiger partial charge on any atom is 0.335 e. The van der Waals surface area contributed by atoms with Gasteiger partial charge in [-0.3, -0.25) is 0 Å². The van der Waals surface area contributed by atoms with Crippen molar-refractivity contribution in [1.29, 1.82) is 0 Å². The van der Waals surface area contributed by atoms with Crippen LogP contribution in [-0.4, -0.2) is 20.7 Å². The van der Waals surface area contributed by atoms with Gasteiger partial charge in [-0.1, -0.05) is 0 Å². The number of hydrogen-bond acceptors (Lipinski definition) is 2. The maximum absolute atomic E-state index is 10.6. The fraction of sp³-hybridized carbons (Fsp3) is 0.111. The number of pyridine rings is 1. The lowest BCUT2D eigenvalue weighted by atomic mass is 10.2. The van der Waals surface area contributed by atoms with E-state index in [1.54, 1.807) is 16.8 Å². The standard InChI is InChI=1S/C9H8N2O2/c1-6-4-8-5-7(9(12)13)2-3-11(8)10-6/h2-5H,1H3,(H,12,13). The average Bonchev–Trinajstić information content (AvgIpc) is 2.42. The first-order chi connectivity index (χ1) is 6.16. The smallest absolute Gasteiger partial charge is 0.335 e. The summed E-state index contributed by atoms with van der Waals surface area (Å²) in [6.45, 7) is 1.87. The highest BCUT2D eigenvalue weighted by atomic mass is 16.4. The molecule has 2 aromatic heterocycles. The number of aryl methyl sites for hydroxylation is 1. The molecule has 2 rings (SSSR count). The summed E-state index contributed by atoms with van der Waals surface area (Å²) in [7, 11) is 0. The number of hydrogen-bond donors (Lipinski definition) is 1. The molecule has 0 atom stereocenters. The summed E-state index contributed by atoms with van der Waals surface area (Å²) in [5.41, 5.74) is 1.97. The summed E-state index contributed by atoms with van der Waals surface area (Å²) in [4.78, 5) is 10.6. The summed E-state index contributed by atoms with van der Waals surface area (Å²) >= 11 is 0. The van der Waals surface area contributed by atoms with Gasteiger partial charge in [-0.2, -0.15) is 5.10 Å². The first-order valence-electron chi connectivity index (χ1n) is 3.86. The SMILES string of the molecule is Cc1cc2cc(C(=O)O)ccn2n1. The van der Waals surface area contributed by atoms with Crippen LogP contribution in [0.25, 0.3) is 5.52 Å². The van der Waals surface area contributed by atoms with E-state index in [0.29, 0.717) is 0 Å². The Morgan fingerprint density at radius 2 is 2.31 bits per heavy atom. The molecule has 1 N–H and O–H groups in total. The molecule has 0 radical (unpaired) electrons. The van der Waals surface area contributed by atoms with Crippen molar-refractivity contribution in [2.75, 3.05) is 0 Å². The quantitative estimate of drug-likeness (QED) is 0.713. The van der Waals surface area contributed by atoms with E-state index in [2.05, 4.69) is 5.10 Å². The zero-order valence-corrected chi connectivity index (χ0v) is 7.06. The largest absolute Gasteiger partial charge is 0.478 e. The Labute approximate surface area is 74.4 Å². The van der Waals surface area contributed by atoms with Gasteiger partial charge >= 0.3 is 5.97 Å². The Balaban J connectivity index is 2.67. The van der Waals surface area contributed by atoms with Crippen LogP contribution in [0.15, 0.2) is 24.4 Å². The van der Waals surface area contributed by atoms with Crippen molar-refractivity contribution >= 4 is 11.5 Å². The van der Waals surface area contributed by atoms with Crippen molar-refractivity contribution in [3.8, 4) is 0 Å². The maximum atomic E-state index is 10.6. The second-order valence-corrected chi connectivity index (χ2v) is 2.88. The third kappa shape index (κ3) is 1.26. The Bertz CT molecular complexity index is 473. The van der Waals surface area contributed by atoms with E-state index in [1.165, 1.54) is 6.07 Å². The van der Waals surface area contributed by atoms with Crippen LogP contribution in [0.2, 0.25) is 0 Å². The fourth-order valence-electron chi connectivity index (χ4n) is 1.26. The van der Waals surface area contributed by atoms with Crippen LogP contribution in [0.1, 0.15) is 16.1 Å². The highest BCUT2D eigenvalue weighted by Crippen LogP contribution is 2.08. The zero-order chi connectivity index (χ0) is 9.42. The van der Waals surface area contributed by atoms with E-state index in [1.807, 2.05) is 13.0 Å². The Morgan fingerprint density at radius 3 is 3.00 bits per heavy atom. The van der Waals surface area contributed by atoms with Crippen molar-refractivity contribution in [3.63, 3.8) is 0 Å². The molecule has 4 heteroatoms. The Kier molecular flexibility index (Phi) is 1.55. The van der Waals surface area contributed by atoms with Crippen molar-refractivity contribution in [2.24, 2.45) is 0 Å². The van der Waals surface area contributed by atoms with Crippen LogP contribution in [-0.2, 0) is 0 Å². The molecule has 13 heavy (non-hydrogen) atoms. The second kappa shape index (κ2) is 2.58. The molecule has 2 heterocycles. The molecule has 66 valence electrons. The average molecular weight is 176 g/mol. The minimum absolute atomic E-state index is 0.285. The number of aromatic nitrogens is 2. The minimum atomic E-state index is -0.915. The Morgan fingerprint density at radius 1 is 1.54 bits per heavy atom. The third-order valence-electron chi connectivity index (χ3n) is 1.83. The number of aromatic carboxylic acids is 1. The zero-order valence-electron chi connectivity index (χ0n) is 7.06. The summed E-state index contributed by atoms with van der Waals surface area (Å²) in [6, 6.07) is 4.97. The van der Waals surface area contributed by atoms with Crippen LogP contribution in [0, 0.1) is 6.92 Å². The summed E-state index contributed by atoms with van der Waals surface area (Å²) in [5.74, 6) is -0.915. The van der Waals surface area contributed by atoms with Crippen LogP contribution in [0.4, 0.5) is 0 Å². The molecule has 0 saturated carbocycles. The number of carbonyl (C=O) groups is 1. The number of rotatable bonds is 1. The van der Waals surface area contributed by atoms with Crippen molar-refractivity contribution in [2.45, 2.75) is 6.92 Å². The molecule has 0 amide bonds. The van der Waals surface area contributed by atoms with E-state index < -0.39 is 5.97 Å². The van der Waals surface area contributed by atoms with E-state index in [9.17, 15) is 4.79 Å². The molecule has 4 nitrogen and oxygen atoms in total. The normalized spacial score (nSPS) is 10.5. The van der Waals surface area contributed by atoms with Crippen LogP contribution in [0.5, 0.6) is 0 Å². The van der Waals surface area contributed by atoms with Gasteiger partial charge in [0, 0.05) is 6.20 Å². The van der Waals surface area contributed by atoms with Crippen molar-refractivity contribution in [3.05, 3.63) is 35.7 Å². The molecular weight excluding hydrogens is 168 g/mol. The van der Waals surface area contributed by atoms with Crippen molar-refractivity contribution in [1.82, 2.24) is 9.61 Å². The molecule has 0 aliphatic carbocycles. The fourth-order valence-corrected chi connectivity index (χ4v) is 1.26. The topological polar surface area (TPSA) is 54.6 Å². The van der Waals surface area contributed by atoms with Gasteiger partial charge in [-0.15, -0.1) is 0 Å². The van der Waals surface area contributed by atoms with E-state index in [4.69, 9.17) is 5.11 Å². The molecule has 0 unspecified atom stereocenters. The molecular formula is C9H8N2O2. The van der Waals surface area contributed by atoms with E-state index in [-0.39, 0.29) is 5.56 Å². The summed E-state index contributed by atoms with van der Waals surface area (Å²) in [5, 5.41) is 12.9. The molecule has 0 saturated heterocycles. The lowest BCUT2D eigenvalue weighted by Gasteiger charge is -1.94. The van der Waals surface area contributed by atoms with Gasteiger partial charge in [-0.05, 0) is 25.1 Å². The second-order valence-electron chi connectivity index (χ2n) is 2.88. The number of fused-ring (bicyclic) bond motifs is 1. The predicted octanol–water partition coefficient (Wildman–Crippen LogP) is 1.34. The molecule has 0 bridgehead atoms. The first-order valence-corrected chi connectivity index (χ1v) is 3.86.